The third-order valence-corrected chi connectivity index (χ3v) is 2.60. The first kappa shape index (κ1) is 11.7. The van der Waals surface area contributed by atoms with Crippen LogP contribution in [0, 0.1) is 11.3 Å². The van der Waals surface area contributed by atoms with Crippen LogP contribution in [-0.4, -0.2) is 16.2 Å². The van der Waals surface area contributed by atoms with Crippen LogP contribution in [0.4, 0.5) is 0 Å². The van der Waals surface area contributed by atoms with E-state index in [0.29, 0.717) is 5.56 Å². The Bertz CT molecular complexity index is 642. The fourth-order valence-corrected chi connectivity index (χ4v) is 1.74. The zero-order valence-corrected chi connectivity index (χ0v) is 9.29. The molecule has 0 fully saturated rings. The van der Waals surface area contributed by atoms with Crippen LogP contribution in [-0.2, 0) is 0 Å². The van der Waals surface area contributed by atoms with Gasteiger partial charge in [0.25, 0.3) is 0 Å². The van der Waals surface area contributed by atoms with E-state index in [1.54, 1.807) is 24.3 Å². The number of nitrogens with zero attached hydrogens (tertiary/aromatic N) is 1. The molecule has 0 spiro atoms. The molecule has 0 heterocycles. The molecule has 88 valence electrons. The van der Waals surface area contributed by atoms with Crippen molar-refractivity contribution in [2.24, 2.45) is 0 Å². The first-order chi connectivity index (χ1) is 8.65. The molecule has 0 atom stereocenters. The van der Waals surface area contributed by atoms with Gasteiger partial charge in [0.15, 0.2) is 0 Å². The van der Waals surface area contributed by atoms with Crippen LogP contribution < -0.4 is 0 Å². The highest BCUT2D eigenvalue weighted by Gasteiger charge is 2.17. The highest BCUT2D eigenvalue weighted by Crippen LogP contribution is 2.32. The Kier molecular flexibility index (Phi) is 2.98. The molecule has 4 nitrogen and oxygen atoms in total. The number of carbonyl (C=O) groups is 1. The molecule has 2 rings (SSSR count). The monoisotopic (exact) mass is 239 g/mol. The van der Waals surface area contributed by atoms with Crippen LogP contribution in [0.1, 0.15) is 15.9 Å². The summed E-state index contributed by atoms with van der Waals surface area (Å²) in [4.78, 5) is 10.9. The van der Waals surface area contributed by atoms with Gasteiger partial charge in [0.1, 0.15) is 22.9 Å². The van der Waals surface area contributed by atoms with E-state index in [9.17, 15) is 9.90 Å². The molecule has 0 saturated heterocycles. The van der Waals surface area contributed by atoms with Crippen LogP contribution in [0.5, 0.6) is 5.75 Å². The number of hydrogen-bond donors (Lipinski definition) is 2. The number of rotatable bonds is 2. The number of benzene rings is 2. The zero-order chi connectivity index (χ0) is 13.1. The summed E-state index contributed by atoms with van der Waals surface area (Å²) in [6, 6.07) is 13.7. The normalized spacial score (nSPS) is 9.72. The third-order valence-electron chi connectivity index (χ3n) is 2.60. The molecule has 2 aromatic carbocycles. The average Bonchev–Trinajstić information content (AvgIpc) is 2.39. The van der Waals surface area contributed by atoms with Gasteiger partial charge in [-0.05, 0) is 11.6 Å². The van der Waals surface area contributed by atoms with Gasteiger partial charge >= 0.3 is 5.97 Å². The topological polar surface area (TPSA) is 81.3 Å². The standard InChI is InChI=1S/C14H9NO3/c15-8-12-10(9-4-2-1-3-5-9)6-7-11(13(12)16)14(17)18/h1-7,16H,(H,17,18). The Hall–Kier alpha value is -2.80. The molecule has 0 aliphatic rings. The van der Waals surface area contributed by atoms with E-state index in [1.165, 1.54) is 12.1 Å². The van der Waals surface area contributed by atoms with Crippen LogP contribution in [0.15, 0.2) is 42.5 Å². The molecule has 2 N–H and O–H groups in total. The maximum Gasteiger partial charge on any atom is 0.339 e. The van der Waals surface area contributed by atoms with Crippen molar-refractivity contribution in [3.05, 3.63) is 53.6 Å². The summed E-state index contributed by atoms with van der Waals surface area (Å²) < 4.78 is 0. The van der Waals surface area contributed by atoms with Gasteiger partial charge in [0.2, 0.25) is 0 Å². The lowest BCUT2D eigenvalue weighted by Crippen LogP contribution is -1.99. The summed E-state index contributed by atoms with van der Waals surface area (Å²) in [5, 5.41) is 27.7. The molecule has 4 heteroatoms. The van der Waals surface area contributed by atoms with Gasteiger partial charge in [-0.2, -0.15) is 5.26 Å². The molecule has 0 aliphatic carbocycles. The Labute approximate surface area is 103 Å². The second-order valence-electron chi connectivity index (χ2n) is 3.67. The lowest BCUT2D eigenvalue weighted by Gasteiger charge is -2.08. The van der Waals surface area contributed by atoms with Gasteiger partial charge < -0.3 is 10.2 Å². The number of carboxylic acids is 1. The Balaban J connectivity index is 2.69. The minimum absolute atomic E-state index is 0.0268. The van der Waals surface area contributed by atoms with E-state index in [2.05, 4.69) is 0 Å². The zero-order valence-electron chi connectivity index (χ0n) is 9.29. The Morgan fingerprint density at radius 2 is 1.78 bits per heavy atom. The van der Waals surface area contributed by atoms with Crippen LogP contribution in [0.3, 0.4) is 0 Å². The SMILES string of the molecule is N#Cc1c(-c2ccccc2)ccc(C(=O)O)c1O. The second-order valence-corrected chi connectivity index (χ2v) is 3.67. The van der Waals surface area contributed by atoms with Crippen LogP contribution in [0.25, 0.3) is 11.1 Å². The van der Waals surface area contributed by atoms with E-state index < -0.39 is 11.7 Å². The number of nitriles is 1. The molecule has 0 amide bonds. The average molecular weight is 239 g/mol. The minimum atomic E-state index is -1.26. The van der Waals surface area contributed by atoms with Crippen molar-refractivity contribution >= 4 is 5.97 Å². The molecule has 0 unspecified atom stereocenters. The first-order valence-electron chi connectivity index (χ1n) is 5.20. The second kappa shape index (κ2) is 4.60. The molecule has 0 radical (unpaired) electrons. The third kappa shape index (κ3) is 1.89. The number of aromatic carboxylic acids is 1. The van der Waals surface area contributed by atoms with Crippen molar-refractivity contribution in [1.29, 1.82) is 5.26 Å². The molecule has 0 aromatic heterocycles. The molecular weight excluding hydrogens is 230 g/mol. The van der Waals surface area contributed by atoms with Gasteiger partial charge in [-0.15, -0.1) is 0 Å². The van der Waals surface area contributed by atoms with Crippen molar-refractivity contribution in [3.63, 3.8) is 0 Å². The number of phenols is 1. The van der Waals surface area contributed by atoms with Gasteiger partial charge in [-0.3, -0.25) is 0 Å². The molecule has 18 heavy (non-hydrogen) atoms. The summed E-state index contributed by atoms with van der Waals surface area (Å²) in [6.07, 6.45) is 0. The smallest absolute Gasteiger partial charge is 0.339 e. The predicted molar refractivity (Wildman–Crippen MR) is 65.2 cm³/mol. The van der Waals surface area contributed by atoms with Crippen molar-refractivity contribution in [2.75, 3.05) is 0 Å². The van der Waals surface area contributed by atoms with Gasteiger partial charge in [-0.1, -0.05) is 36.4 Å². The summed E-state index contributed by atoms with van der Waals surface area (Å²) in [7, 11) is 0. The Morgan fingerprint density at radius 1 is 1.11 bits per heavy atom. The Morgan fingerprint density at radius 3 is 2.33 bits per heavy atom. The largest absolute Gasteiger partial charge is 0.506 e. The highest BCUT2D eigenvalue weighted by atomic mass is 16.4. The van der Waals surface area contributed by atoms with E-state index >= 15 is 0 Å². The van der Waals surface area contributed by atoms with Gasteiger partial charge in [0.05, 0.1) is 0 Å². The molecule has 0 saturated carbocycles. The highest BCUT2D eigenvalue weighted by molar-refractivity contribution is 5.93. The van der Waals surface area contributed by atoms with Crippen molar-refractivity contribution in [2.45, 2.75) is 0 Å². The lowest BCUT2D eigenvalue weighted by molar-refractivity contribution is 0.0693. The molecule has 2 aromatic rings. The fourth-order valence-electron chi connectivity index (χ4n) is 1.74. The van der Waals surface area contributed by atoms with Crippen molar-refractivity contribution in [3.8, 4) is 22.9 Å². The van der Waals surface area contributed by atoms with E-state index in [0.717, 1.165) is 5.56 Å². The van der Waals surface area contributed by atoms with Crippen molar-refractivity contribution in [1.82, 2.24) is 0 Å². The molecule has 0 bridgehead atoms. The number of aromatic hydroxyl groups is 1. The minimum Gasteiger partial charge on any atom is -0.506 e. The fraction of sp³-hybridized carbons (Fsp3) is 0. The predicted octanol–water partition coefficient (Wildman–Crippen LogP) is 2.63. The summed E-state index contributed by atoms with van der Waals surface area (Å²) in [6.45, 7) is 0. The maximum absolute atomic E-state index is 10.9. The first-order valence-corrected chi connectivity index (χ1v) is 5.20. The quantitative estimate of drug-likeness (QED) is 0.844. The molecular formula is C14H9NO3. The van der Waals surface area contributed by atoms with Crippen LogP contribution in [0.2, 0.25) is 0 Å². The summed E-state index contributed by atoms with van der Waals surface area (Å²) >= 11 is 0. The lowest BCUT2D eigenvalue weighted by atomic mass is 9.97. The van der Waals surface area contributed by atoms with Gasteiger partial charge in [0, 0.05) is 5.56 Å². The van der Waals surface area contributed by atoms with E-state index in [-0.39, 0.29) is 11.1 Å². The summed E-state index contributed by atoms with van der Waals surface area (Å²) in [5.74, 6) is -1.75. The number of hydrogen-bond acceptors (Lipinski definition) is 3. The molecule has 0 aliphatic heterocycles. The summed E-state index contributed by atoms with van der Waals surface area (Å²) in [5.41, 5.74) is 0.967. The number of carboxylic acid groups (broad SMARTS) is 1. The van der Waals surface area contributed by atoms with Crippen LogP contribution >= 0.6 is 0 Å². The van der Waals surface area contributed by atoms with Gasteiger partial charge in [-0.25, -0.2) is 4.79 Å². The maximum atomic E-state index is 10.9. The van der Waals surface area contributed by atoms with Crippen molar-refractivity contribution < 1.29 is 15.0 Å². The van der Waals surface area contributed by atoms with E-state index in [4.69, 9.17) is 10.4 Å². The van der Waals surface area contributed by atoms with E-state index in [1.807, 2.05) is 12.1 Å².